The Kier molecular flexibility index (Phi) is 5.06. The van der Waals surface area contributed by atoms with E-state index in [4.69, 9.17) is 9.15 Å². The molecule has 1 fully saturated rings. The molecule has 1 aliphatic rings. The van der Waals surface area contributed by atoms with Crippen LogP contribution in [-0.2, 0) is 20.9 Å². The summed E-state index contributed by atoms with van der Waals surface area (Å²) in [7, 11) is 0. The molecule has 1 aromatic heterocycles. The molecule has 26 heavy (non-hydrogen) atoms. The fourth-order valence-corrected chi connectivity index (χ4v) is 3.00. The Balaban J connectivity index is 1.81. The Bertz CT molecular complexity index is 798. The number of imide groups is 1. The van der Waals surface area contributed by atoms with E-state index in [1.165, 1.54) is 18.1 Å². The summed E-state index contributed by atoms with van der Waals surface area (Å²) in [4.78, 5) is 39.8. The second-order valence-electron chi connectivity index (χ2n) is 5.94. The van der Waals surface area contributed by atoms with E-state index < -0.39 is 11.9 Å². The minimum atomic E-state index is -0.836. The molecule has 3 amide bonds. The highest BCUT2D eigenvalue weighted by Gasteiger charge is 2.43. The maximum Gasteiger partial charge on any atom is 0.257 e. The van der Waals surface area contributed by atoms with Gasteiger partial charge in [-0.05, 0) is 43.3 Å². The van der Waals surface area contributed by atoms with Gasteiger partial charge < -0.3 is 14.1 Å². The summed E-state index contributed by atoms with van der Waals surface area (Å²) in [5, 5.41) is 0. The molecule has 0 spiro atoms. The molecule has 0 unspecified atom stereocenters. The Labute approximate surface area is 151 Å². The van der Waals surface area contributed by atoms with Gasteiger partial charge in [0.25, 0.3) is 5.91 Å². The summed E-state index contributed by atoms with van der Waals surface area (Å²) in [6.07, 6.45) is 1.45. The van der Waals surface area contributed by atoms with E-state index >= 15 is 0 Å². The molecule has 0 bridgehead atoms. The van der Waals surface area contributed by atoms with E-state index in [0.717, 1.165) is 4.90 Å². The van der Waals surface area contributed by atoms with Gasteiger partial charge in [0.05, 0.1) is 31.5 Å². The smallest absolute Gasteiger partial charge is 0.257 e. The largest absolute Gasteiger partial charge is 0.494 e. The van der Waals surface area contributed by atoms with Crippen molar-refractivity contribution in [3.8, 4) is 5.75 Å². The van der Waals surface area contributed by atoms with Crippen LogP contribution in [0.25, 0.3) is 0 Å². The highest BCUT2D eigenvalue weighted by Crippen LogP contribution is 2.28. The number of benzene rings is 1. The van der Waals surface area contributed by atoms with Crippen molar-refractivity contribution in [2.75, 3.05) is 11.5 Å². The highest BCUT2D eigenvalue weighted by molar-refractivity contribution is 6.23. The summed E-state index contributed by atoms with van der Waals surface area (Å²) in [5.41, 5.74) is 0.465. The number of amides is 3. The minimum absolute atomic E-state index is 0.0493. The lowest BCUT2D eigenvalue weighted by Gasteiger charge is -2.25. The first-order chi connectivity index (χ1) is 12.5. The average molecular weight is 356 g/mol. The molecule has 0 aliphatic carbocycles. The number of hydrogen-bond acceptors (Lipinski definition) is 5. The zero-order valence-corrected chi connectivity index (χ0v) is 14.7. The van der Waals surface area contributed by atoms with E-state index in [2.05, 4.69) is 0 Å². The van der Waals surface area contributed by atoms with Gasteiger partial charge in [-0.15, -0.1) is 0 Å². The van der Waals surface area contributed by atoms with Crippen molar-refractivity contribution < 1.29 is 23.5 Å². The first-order valence-electron chi connectivity index (χ1n) is 8.40. The van der Waals surface area contributed by atoms with E-state index in [0.29, 0.717) is 23.8 Å². The predicted molar refractivity (Wildman–Crippen MR) is 93.4 cm³/mol. The molecule has 7 nitrogen and oxygen atoms in total. The van der Waals surface area contributed by atoms with Crippen LogP contribution < -0.4 is 9.64 Å². The van der Waals surface area contributed by atoms with E-state index in [9.17, 15) is 14.4 Å². The lowest BCUT2D eigenvalue weighted by molar-refractivity contribution is -0.137. The van der Waals surface area contributed by atoms with Gasteiger partial charge in [0.1, 0.15) is 17.6 Å². The lowest BCUT2D eigenvalue weighted by Crippen LogP contribution is -2.44. The van der Waals surface area contributed by atoms with Gasteiger partial charge in [0, 0.05) is 6.92 Å². The summed E-state index contributed by atoms with van der Waals surface area (Å²) in [5.74, 6) is 0.173. The molecule has 3 rings (SSSR count). The Morgan fingerprint density at radius 2 is 2.00 bits per heavy atom. The quantitative estimate of drug-likeness (QED) is 0.742. The van der Waals surface area contributed by atoms with Crippen molar-refractivity contribution >= 4 is 23.4 Å². The van der Waals surface area contributed by atoms with Crippen LogP contribution in [0.5, 0.6) is 5.75 Å². The van der Waals surface area contributed by atoms with Crippen molar-refractivity contribution in [3.63, 3.8) is 0 Å². The van der Waals surface area contributed by atoms with Gasteiger partial charge in [0.15, 0.2) is 0 Å². The van der Waals surface area contributed by atoms with Gasteiger partial charge >= 0.3 is 0 Å². The number of nitrogens with zero attached hydrogens (tertiary/aromatic N) is 2. The molecular weight excluding hydrogens is 336 g/mol. The SMILES string of the molecule is CCOc1ccc(N2C(=O)C[C@@H](N(Cc3ccco3)C(C)=O)C2=O)cc1. The van der Waals surface area contributed by atoms with Crippen molar-refractivity contribution in [1.82, 2.24) is 4.90 Å². The van der Waals surface area contributed by atoms with E-state index in [-0.39, 0.29) is 24.8 Å². The maximum absolute atomic E-state index is 12.9. The molecule has 0 radical (unpaired) electrons. The third kappa shape index (κ3) is 3.46. The minimum Gasteiger partial charge on any atom is -0.494 e. The number of furan rings is 1. The van der Waals surface area contributed by atoms with Crippen molar-refractivity contribution in [2.24, 2.45) is 0 Å². The summed E-state index contributed by atoms with van der Waals surface area (Å²) in [6.45, 7) is 3.92. The fourth-order valence-electron chi connectivity index (χ4n) is 3.00. The first-order valence-corrected chi connectivity index (χ1v) is 8.40. The number of anilines is 1. The second kappa shape index (κ2) is 7.43. The van der Waals surface area contributed by atoms with Crippen LogP contribution >= 0.6 is 0 Å². The lowest BCUT2D eigenvalue weighted by atomic mass is 10.2. The van der Waals surface area contributed by atoms with Crippen LogP contribution in [0.4, 0.5) is 5.69 Å². The van der Waals surface area contributed by atoms with Crippen LogP contribution in [0.3, 0.4) is 0 Å². The van der Waals surface area contributed by atoms with Gasteiger partial charge in [-0.3, -0.25) is 14.4 Å². The van der Waals surface area contributed by atoms with Crippen LogP contribution in [0.1, 0.15) is 26.0 Å². The first kappa shape index (κ1) is 17.7. The molecule has 1 atom stereocenters. The predicted octanol–water partition coefficient (Wildman–Crippen LogP) is 2.36. The molecule has 1 aliphatic heterocycles. The fraction of sp³-hybridized carbons (Fsp3) is 0.316. The summed E-state index contributed by atoms with van der Waals surface area (Å²) < 4.78 is 10.6. The van der Waals surface area contributed by atoms with Crippen molar-refractivity contribution in [3.05, 3.63) is 48.4 Å². The molecule has 1 aromatic carbocycles. The molecule has 136 valence electrons. The van der Waals surface area contributed by atoms with Gasteiger partial charge in [-0.2, -0.15) is 0 Å². The number of carbonyl (C=O) groups excluding carboxylic acids is 3. The second-order valence-corrected chi connectivity index (χ2v) is 5.94. The topological polar surface area (TPSA) is 80.1 Å². The molecule has 7 heteroatoms. The number of hydrogen-bond donors (Lipinski definition) is 0. The van der Waals surface area contributed by atoms with Crippen LogP contribution in [-0.4, -0.2) is 35.3 Å². The molecule has 1 saturated heterocycles. The van der Waals surface area contributed by atoms with Crippen LogP contribution in [0.15, 0.2) is 47.1 Å². The third-order valence-corrected chi connectivity index (χ3v) is 4.22. The molecule has 0 N–H and O–H groups in total. The Morgan fingerprint density at radius 1 is 1.27 bits per heavy atom. The Morgan fingerprint density at radius 3 is 2.58 bits per heavy atom. The highest BCUT2D eigenvalue weighted by atomic mass is 16.5. The van der Waals surface area contributed by atoms with Gasteiger partial charge in [0.2, 0.25) is 11.8 Å². The third-order valence-electron chi connectivity index (χ3n) is 4.22. The number of rotatable bonds is 6. The molecule has 0 saturated carbocycles. The standard InChI is InChI=1S/C19H20N2O5/c1-3-25-15-8-6-14(7-9-15)21-18(23)11-17(19(21)24)20(13(2)22)12-16-5-4-10-26-16/h4-10,17H,3,11-12H2,1-2H3/t17-/m1/s1. The van der Waals surface area contributed by atoms with Crippen molar-refractivity contribution in [1.29, 1.82) is 0 Å². The monoisotopic (exact) mass is 356 g/mol. The number of ether oxygens (including phenoxy) is 1. The van der Waals surface area contributed by atoms with Crippen LogP contribution in [0.2, 0.25) is 0 Å². The van der Waals surface area contributed by atoms with E-state index in [1.54, 1.807) is 36.4 Å². The van der Waals surface area contributed by atoms with Crippen molar-refractivity contribution in [2.45, 2.75) is 32.9 Å². The van der Waals surface area contributed by atoms with Gasteiger partial charge in [-0.1, -0.05) is 0 Å². The average Bonchev–Trinajstić information content (AvgIpc) is 3.22. The zero-order chi connectivity index (χ0) is 18.7. The summed E-state index contributed by atoms with van der Waals surface area (Å²) >= 11 is 0. The normalized spacial score (nSPS) is 16.8. The molecule has 2 aromatic rings. The van der Waals surface area contributed by atoms with Gasteiger partial charge in [-0.25, -0.2) is 4.90 Å². The van der Waals surface area contributed by atoms with E-state index in [1.807, 2.05) is 6.92 Å². The number of carbonyl (C=O) groups is 3. The summed E-state index contributed by atoms with van der Waals surface area (Å²) in [6, 6.07) is 9.33. The van der Waals surface area contributed by atoms with Crippen LogP contribution in [0, 0.1) is 0 Å². The zero-order valence-electron chi connectivity index (χ0n) is 14.7. The molecule has 2 heterocycles. The molecular formula is C19H20N2O5. The Hall–Kier alpha value is -3.09. The maximum atomic E-state index is 12.9.